The summed E-state index contributed by atoms with van der Waals surface area (Å²) in [4.78, 5) is 4.30. The quantitative estimate of drug-likeness (QED) is 0.755. The van der Waals surface area contributed by atoms with Crippen molar-refractivity contribution in [2.75, 3.05) is 5.73 Å². The molecule has 1 atom stereocenters. The first-order chi connectivity index (χ1) is 6.13. The highest BCUT2D eigenvalue weighted by molar-refractivity contribution is 8.00. The van der Waals surface area contributed by atoms with Gasteiger partial charge >= 0.3 is 0 Å². The van der Waals surface area contributed by atoms with Crippen molar-refractivity contribution in [1.82, 2.24) is 4.98 Å². The minimum atomic E-state index is 0.581. The van der Waals surface area contributed by atoms with E-state index in [2.05, 4.69) is 18.8 Å². The lowest BCUT2D eigenvalue weighted by molar-refractivity contribution is 0.901. The van der Waals surface area contributed by atoms with E-state index in [1.54, 1.807) is 11.8 Å². The van der Waals surface area contributed by atoms with Gasteiger partial charge in [0, 0.05) is 11.4 Å². The lowest BCUT2D eigenvalue weighted by atomic mass is 10.3. The monoisotopic (exact) mass is 196 g/mol. The summed E-state index contributed by atoms with van der Waals surface area (Å²) in [7, 11) is 0. The Bertz CT molecular complexity index is 286. The Kier molecular flexibility index (Phi) is 3.60. The average Bonchev–Trinajstić information content (AvgIpc) is 2.09. The van der Waals surface area contributed by atoms with E-state index in [-0.39, 0.29) is 0 Å². The summed E-state index contributed by atoms with van der Waals surface area (Å²) in [6, 6.07) is 1.97. The van der Waals surface area contributed by atoms with Gasteiger partial charge in [-0.1, -0.05) is 13.8 Å². The Labute approximate surface area is 83.9 Å². The van der Waals surface area contributed by atoms with Crippen molar-refractivity contribution >= 4 is 17.4 Å². The topological polar surface area (TPSA) is 38.9 Å². The Morgan fingerprint density at radius 3 is 2.85 bits per heavy atom. The van der Waals surface area contributed by atoms with E-state index in [4.69, 9.17) is 5.73 Å². The second kappa shape index (κ2) is 4.51. The molecule has 0 fully saturated rings. The summed E-state index contributed by atoms with van der Waals surface area (Å²) >= 11 is 1.74. The fraction of sp³-hybridized carbons (Fsp3) is 0.500. The van der Waals surface area contributed by atoms with E-state index in [1.807, 2.05) is 19.2 Å². The van der Waals surface area contributed by atoms with Crippen LogP contribution in [0.2, 0.25) is 0 Å². The van der Waals surface area contributed by atoms with Crippen molar-refractivity contribution in [1.29, 1.82) is 0 Å². The summed E-state index contributed by atoms with van der Waals surface area (Å²) in [5.74, 6) is 0. The van der Waals surface area contributed by atoms with E-state index in [0.29, 0.717) is 5.25 Å². The number of nitrogen functional groups attached to an aromatic ring is 1. The van der Waals surface area contributed by atoms with E-state index in [1.165, 1.54) is 0 Å². The minimum absolute atomic E-state index is 0.581. The first kappa shape index (κ1) is 10.4. The molecule has 3 heteroatoms. The van der Waals surface area contributed by atoms with Gasteiger partial charge in [0.25, 0.3) is 0 Å². The van der Waals surface area contributed by atoms with E-state index >= 15 is 0 Å². The van der Waals surface area contributed by atoms with Crippen molar-refractivity contribution in [2.45, 2.75) is 37.5 Å². The van der Waals surface area contributed by atoms with Gasteiger partial charge in [-0.2, -0.15) is 0 Å². The van der Waals surface area contributed by atoms with Gasteiger partial charge in [-0.15, -0.1) is 11.8 Å². The summed E-state index contributed by atoms with van der Waals surface area (Å²) in [5.41, 5.74) is 7.75. The zero-order valence-corrected chi connectivity index (χ0v) is 9.19. The number of aromatic nitrogens is 1. The molecule has 72 valence electrons. The molecule has 1 unspecified atom stereocenters. The Morgan fingerprint density at radius 2 is 2.31 bits per heavy atom. The Hall–Kier alpha value is -0.700. The van der Waals surface area contributed by atoms with E-state index in [0.717, 1.165) is 22.7 Å². The maximum atomic E-state index is 5.84. The van der Waals surface area contributed by atoms with Crippen LogP contribution in [0.25, 0.3) is 0 Å². The fourth-order valence-corrected chi connectivity index (χ4v) is 1.81. The summed E-state index contributed by atoms with van der Waals surface area (Å²) in [6.45, 7) is 6.36. The summed E-state index contributed by atoms with van der Waals surface area (Å²) < 4.78 is 0. The maximum absolute atomic E-state index is 5.84. The van der Waals surface area contributed by atoms with E-state index in [9.17, 15) is 0 Å². The third kappa shape index (κ3) is 2.92. The van der Waals surface area contributed by atoms with Crippen molar-refractivity contribution < 1.29 is 0 Å². The van der Waals surface area contributed by atoms with Gasteiger partial charge in [0.05, 0.1) is 5.69 Å². The van der Waals surface area contributed by atoms with Crippen molar-refractivity contribution in [3.63, 3.8) is 0 Å². The second-order valence-corrected chi connectivity index (χ2v) is 4.67. The molecule has 1 aromatic heterocycles. The smallest absolute Gasteiger partial charge is 0.119 e. The van der Waals surface area contributed by atoms with E-state index < -0.39 is 0 Å². The molecule has 0 aliphatic rings. The number of nitrogens with zero attached hydrogens (tertiary/aromatic N) is 1. The van der Waals surface area contributed by atoms with Crippen LogP contribution in [-0.2, 0) is 0 Å². The largest absolute Gasteiger partial charge is 0.397 e. The fourth-order valence-electron chi connectivity index (χ4n) is 0.952. The highest BCUT2D eigenvalue weighted by atomic mass is 32.2. The number of hydrogen-bond acceptors (Lipinski definition) is 3. The third-order valence-corrected chi connectivity index (χ3v) is 3.20. The van der Waals surface area contributed by atoms with Crippen LogP contribution in [0, 0.1) is 6.92 Å². The Morgan fingerprint density at radius 1 is 1.62 bits per heavy atom. The van der Waals surface area contributed by atoms with Crippen LogP contribution in [0.1, 0.15) is 25.8 Å². The first-order valence-corrected chi connectivity index (χ1v) is 5.40. The molecular formula is C10H16N2S. The third-order valence-electron chi connectivity index (χ3n) is 1.90. The van der Waals surface area contributed by atoms with Gasteiger partial charge in [0.15, 0.2) is 0 Å². The van der Waals surface area contributed by atoms with Crippen LogP contribution < -0.4 is 5.73 Å². The zero-order chi connectivity index (χ0) is 9.84. The first-order valence-electron chi connectivity index (χ1n) is 4.52. The number of anilines is 1. The highest BCUT2D eigenvalue weighted by Gasteiger charge is 2.06. The highest BCUT2D eigenvalue weighted by Crippen LogP contribution is 2.28. The number of thioether (sulfide) groups is 1. The molecule has 1 aromatic rings. The lowest BCUT2D eigenvalue weighted by Crippen LogP contribution is -1.98. The molecule has 0 saturated heterocycles. The summed E-state index contributed by atoms with van der Waals surface area (Å²) in [6.07, 6.45) is 3.00. The number of hydrogen-bond donors (Lipinski definition) is 1. The Balaban J connectivity index is 2.77. The second-order valence-electron chi connectivity index (χ2n) is 3.24. The predicted octanol–water partition coefficient (Wildman–Crippen LogP) is 2.86. The van der Waals surface area contributed by atoms with Crippen LogP contribution >= 0.6 is 11.8 Å². The van der Waals surface area contributed by atoms with Gasteiger partial charge in [0.2, 0.25) is 0 Å². The van der Waals surface area contributed by atoms with Crippen LogP contribution in [0.15, 0.2) is 17.3 Å². The van der Waals surface area contributed by atoms with Crippen molar-refractivity contribution in [2.24, 2.45) is 0 Å². The zero-order valence-electron chi connectivity index (χ0n) is 8.37. The predicted molar refractivity (Wildman–Crippen MR) is 59.0 cm³/mol. The lowest BCUT2D eigenvalue weighted by Gasteiger charge is -2.09. The molecule has 1 rings (SSSR count). The number of rotatable bonds is 3. The van der Waals surface area contributed by atoms with Gasteiger partial charge in [-0.05, 0) is 25.0 Å². The number of aryl methyl sites for hydroxylation is 1. The molecule has 0 bridgehead atoms. The molecule has 0 aliphatic heterocycles. The van der Waals surface area contributed by atoms with Gasteiger partial charge in [0.1, 0.15) is 5.03 Å². The maximum Gasteiger partial charge on any atom is 0.119 e. The van der Waals surface area contributed by atoms with Crippen LogP contribution in [0.5, 0.6) is 0 Å². The molecule has 13 heavy (non-hydrogen) atoms. The molecule has 0 saturated carbocycles. The SMILES string of the molecule is CCC(C)Sc1ncc(C)cc1N. The molecular weight excluding hydrogens is 180 g/mol. The van der Waals surface area contributed by atoms with Crippen LogP contribution in [0.4, 0.5) is 5.69 Å². The number of nitrogens with two attached hydrogens (primary N) is 1. The standard InChI is InChI=1S/C10H16N2S/c1-4-8(3)13-10-9(11)5-7(2)6-12-10/h5-6,8H,4,11H2,1-3H3. The molecule has 1 heterocycles. The van der Waals surface area contributed by atoms with Crippen LogP contribution in [0.3, 0.4) is 0 Å². The normalized spacial score (nSPS) is 12.8. The molecule has 0 aliphatic carbocycles. The molecule has 2 N–H and O–H groups in total. The van der Waals surface area contributed by atoms with Gasteiger partial charge in [-0.25, -0.2) is 4.98 Å². The van der Waals surface area contributed by atoms with Crippen molar-refractivity contribution in [3.05, 3.63) is 17.8 Å². The molecule has 0 spiro atoms. The number of pyridine rings is 1. The van der Waals surface area contributed by atoms with Crippen molar-refractivity contribution in [3.8, 4) is 0 Å². The minimum Gasteiger partial charge on any atom is -0.397 e. The molecule has 0 aromatic carbocycles. The van der Waals surface area contributed by atoms with Gasteiger partial charge < -0.3 is 5.73 Å². The summed E-state index contributed by atoms with van der Waals surface area (Å²) in [5, 5.41) is 1.54. The average molecular weight is 196 g/mol. The van der Waals surface area contributed by atoms with Gasteiger partial charge in [-0.3, -0.25) is 0 Å². The molecule has 0 radical (unpaired) electrons. The molecule has 0 amide bonds. The molecule has 2 nitrogen and oxygen atoms in total. The van der Waals surface area contributed by atoms with Crippen LogP contribution in [-0.4, -0.2) is 10.2 Å².